The molecule has 0 bridgehead atoms. The molecule has 2 aliphatic carbocycles. The first-order valence-corrected chi connectivity index (χ1v) is 21.8. The summed E-state index contributed by atoms with van der Waals surface area (Å²) in [5.74, 6) is 0. The van der Waals surface area contributed by atoms with Crippen LogP contribution in [0.3, 0.4) is 0 Å². The van der Waals surface area contributed by atoms with Crippen LogP contribution in [0.5, 0.6) is 0 Å². The fourth-order valence-electron chi connectivity index (χ4n) is 7.94. The van der Waals surface area contributed by atoms with Crippen LogP contribution in [0.25, 0.3) is 28.9 Å². The molecule has 0 amide bonds. The van der Waals surface area contributed by atoms with Crippen molar-refractivity contribution in [2.24, 2.45) is 0 Å². The molecule has 8 aromatic heterocycles. The molecule has 0 atom stereocenters. The van der Waals surface area contributed by atoms with Crippen molar-refractivity contribution in [2.75, 3.05) is 0 Å². The zero-order valence-corrected chi connectivity index (χ0v) is 32.6. The molecule has 0 fully saturated rings. The Hall–Kier alpha value is -2.14. The number of thiophene rings is 8. The van der Waals surface area contributed by atoms with Crippen LogP contribution < -0.4 is 0 Å². The number of fused-ring (bicyclic) bond motifs is 9. The molecule has 2 aliphatic rings. The van der Waals surface area contributed by atoms with E-state index in [2.05, 4.69) is 125 Å². The van der Waals surface area contributed by atoms with E-state index in [-0.39, 0.29) is 10.8 Å². The molecular weight excluding hydrogens is 713 g/mol. The number of aryl methyl sites for hydroxylation is 6. The second kappa shape index (κ2) is 9.73. The van der Waals surface area contributed by atoms with Gasteiger partial charge >= 0.3 is 0 Å². The Kier molecular flexibility index (Phi) is 6.10. The van der Waals surface area contributed by atoms with Gasteiger partial charge in [0.05, 0.1) is 30.0 Å². The molecule has 46 heavy (non-hydrogen) atoms. The highest BCUT2D eigenvalue weighted by Gasteiger charge is 2.56. The van der Waals surface area contributed by atoms with Crippen molar-refractivity contribution in [1.82, 2.24) is 0 Å². The largest absolute Gasteiger partial charge is 0.144 e. The van der Waals surface area contributed by atoms with Crippen molar-refractivity contribution in [3.8, 4) is 19.5 Å². The highest BCUT2D eigenvalue weighted by Crippen LogP contribution is 2.71. The average molecular weight is 741 g/mol. The highest BCUT2D eigenvalue weighted by atomic mass is 32.1. The maximum atomic E-state index is 2.51. The first kappa shape index (κ1) is 28.8. The predicted molar refractivity (Wildman–Crippen MR) is 210 cm³/mol. The molecule has 0 spiro atoms. The van der Waals surface area contributed by atoms with Gasteiger partial charge in [-0.15, -0.1) is 90.7 Å². The highest BCUT2D eigenvalue weighted by molar-refractivity contribution is 7.34. The number of rotatable bonds is 4. The summed E-state index contributed by atoms with van der Waals surface area (Å²) in [4.78, 5) is 20.1. The Morgan fingerprint density at radius 2 is 0.674 bits per heavy atom. The molecule has 8 aromatic rings. The molecule has 0 nitrogen and oxygen atoms in total. The van der Waals surface area contributed by atoms with Crippen molar-refractivity contribution in [2.45, 2.75) is 52.4 Å². The van der Waals surface area contributed by atoms with E-state index in [4.69, 9.17) is 0 Å². The van der Waals surface area contributed by atoms with Gasteiger partial charge in [-0.2, -0.15) is 0 Å². The van der Waals surface area contributed by atoms with E-state index in [0.717, 1.165) is 0 Å². The second-order valence-corrected chi connectivity index (χ2v) is 22.3. The molecule has 0 aliphatic heterocycles. The van der Waals surface area contributed by atoms with Gasteiger partial charge in [-0.3, -0.25) is 0 Å². The van der Waals surface area contributed by atoms with E-state index in [1.807, 2.05) is 68.0 Å². The fraction of sp³-hybridized carbons (Fsp3) is 0.211. The molecule has 0 radical (unpaired) electrons. The molecule has 0 unspecified atom stereocenters. The SMILES string of the molecule is Cc1ccc(C2(c3ccc(C)s3)c3cc(C)sc3-c3sc4c5c(sc4c32)-c2sc(C)cc2C5(c2ccc(C)s2)c2ccc(C)s2)s1. The summed E-state index contributed by atoms with van der Waals surface area (Å²) in [5.41, 5.74) is 5.53. The molecule has 8 heterocycles. The monoisotopic (exact) mass is 740 g/mol. The number of hydrogen-bond donors (Lipinski definition) is 0. The standard InChI is InChI=1S/C38H28S8/c1-17-7-11-25(39-17)37(26-12-8-18(2)40-26)23-15-21(5)43-31(23)33-29(37)35-36(45-33)30-34(46-35)32-24(16-22(6)44-32)38(30,27-13-9-19(3)41-27)28-14-10-20(4)42-28/h7-16H,1-6H3. The van der Waals surface area contributed by atoms with Crippen LogP contribution in [0, 0.1) is 41.5 Å². The molecule has 0 aromatic carbocycles. The average Bonchev–Trinajstić information content (AvgIpc) is 3.83. The quantitative estimate of drug-likeness (QED) is 0.169. The van der Waals surface area contributed by atoms with Crippen LogP contribution in [0.2, 0.25) is 0 Å². The lowest BCUT2D eigenvalue weighted by molar-refractivity contribution is 0.816. The van der Waals surface area contributed by atoms with Gasteiger partial charge in [-0.05, 0) is 113 Å². The van der Waals surface area contributed by atoms with Gasteiger partial charge in [-0.1, -0.05) is 0 Å². The zero-order chi connectivity index (χ0) is 31.3. The zero-order valence-electron chi connectivity index (χ0n) is 26.0. The summed E-state index contributed by atoms with van der Waals surface area (Å²) in [6.45, 7) is 13.7. The fourth-order valence-corrected chi connectivity index (χ4v) is 18.0. The minimum absolute atomic E-state index is 0.278. The molecule has 0 N–H and O–H groups in total. The van der Waals surface area contributed by atoms with Gasteiger partial charge in [0.25, 0.3) is 0 Å². The van der Waals surface area contributed by atoms with Crippen LogP contribution >= 0.6 is 90.7 Å². The van der Waals surface area contributed by atoms with Crippen molar-refractivity contribution < 1.29 is 0 Å². The Labute approximate surface area is 300 Å². The molecule has 228 valence electrons. The Bertz CT molecular complexity index is 2260. The minimum atomic E-state index is -0.278. The third-order valence-corrected chi connectivity index (χ3v) is 19.1. The first-order valence-electron chi connectivity index (χ1n) is 15.3. The van der Waals surface area contributed by atoms with E-state index in [9.17, 15) is 0 Å². The van der Waals surface area contributed by atoms with Crippen molar-refractivity contribution in [1.29, 1.82) is 0 Å². The van der Waals surface area contributed by atoms with Crippen LogP contribution in [0.15, 0.2) is 60.7 Å². The summed E-state index contributed by atoms with van der Waals surface area (Å²) < 4.78 is 3.01. The third kappa shape index (κ3) is 3.47. The van der Waals surface area contributed by atoms with Crippen molar-refractivity contribution in [3.05, 3.63) is 132 Å². The van der Waals surface area contributed by atoms with Gasteiger partial charge in [0.15, 0.2) is 0 Å². The lowest BCUT2D eigenvalue weighted by Gasteiger charge is -2.30. The Balaban J connectivity index is 1.39. The lowest BCUT2D eigenvalue weighted by atomic mass is 9.75. The summed E-state index contributed by atoms with van der Waals surface area (Å²) >= 11 is 16.1. The van der Waals surface area contributed by atoms with Crippen molar-refractivity contribution in [3.63, 3.8) is 0 Å². The van der Waals surface area contributed by atoms with Gasteiger partial charge in [-0.25, -0.2) is 0 Å². The maximum Gasteiger partial charge on any atom is 0.0930 e. The minimum Gasteiger partial charge on any atom is -0.144 e. The van der Waals surface area contributed by atoms with Gasteiger partial charge in [0, 0.05) is 69.7 Å². The topological polar surface area (TPSA) is 0 Å². The molecule has 8 heteroatoms. The van der Waals surface area contributed by atoms with Crippen LogP contribution in [-0.2, 0) is 10.8 Å². The maximum absolute atomic E-state index is 2.51. The van der Waals surface area contributed by atoms with E-state index in [1.54, 1.807) is 11.1 Å². The normalized spacial score (nSPS) is 15.5. The van der Waals surface area contributed by atoms with Crippen LogP contribution in [-0.4, -0.2) is 0 Å². The summed E-state index contributed by atoms with van der Waals surface area (Å²) in [7, 11) is 0. The Morgan fingerprint density at radius 1 is 0.348 bits per heavy atom. The predicted octanol–water partition coefficient (Wildman–Crippen LogP) is 13.9. The molecular formula is C38H28S8. The van der Waals surface area contributed by atoms with E-state index in [1.165, 1.54) is 88.8 Å². The summed E-state index contributed by atoms with van der Waals surface area (Å²) in [6, 6.07) is 24.1. The Morgan fingerprint density at radius 3 is 0.957 bits per heavy atom. The van der Waals surface area contributed by atoms with Gasteiger partial charge in [0.1, 0.15) is 0 Å². The second-order valence-electron chi connectivity index (χ2n) is 12.6. The summed E-state index contributed by atoms with van der Waals surface area (Å²) in [6.07, 6.45) is 0. The molecule has 0 saturated heterocycles. The summed E-state index contributed by atoms with van der Waals surface area (Å²) in [5, 5.41) is 0. The first-order chi connectivity index (χ1) is 22.2. The van der Waals surface area contributed by atoms with E-state index >= 15 is 0 Å². The van der Waals surface area contributed by atoms with Crippen LogP contribution in [0.1, 0.15) is 71.0 Å². The van der Waals surface area contributed by atoms with Crippen molar-refractivity contribution >= 4 is 100 Å². The molecule has 0 saturated carbocycles. The van der Waals surface area contributed by atoms with E-state index < -0.39 is 0 Å². The molecule has 10 rings (SSSR count). The third-order valence-electron chi connectivity index (χ3n) is 9.64. The van der Waals surface area contributed by atoms with Gasteiger partial charge < -0.3 is 0 Å². The van der Waals surface area contributed by atoms with E-state index in [0.29, 0.717) is 0 Å². The lowest BCUT2D eigenvalue weighted by Crippen LogP contribution is -2.26. The van der Waals surface area contributed by atoms with Gasteiger partial charge in [0.2, 0.25) is 0 Å². The van der Waals surface area contributed by atoms with Crippen LogP contribution in [0.4, 0.5) is 0 Å². The number of hydrogen-bond acceptors (Lipinski definition) is 8. The smallest absolute Gasteiger partial charge is 0.0930 e.